The summed E-state index contributed by atoms with van der Waals surface area (Å²) < 4.78 is 18.7. The Morgan fingerprint density at radius 3 is 2.64 bits per heavy atom. The molecule has 2 N–H and O–H groups in total. The van der Waals surface area contributed by atoms with E-state index in [1.54, 1.807) is 0 Å². The van der Waals surface area contributed by atoms with E-state index in [1.807, 2.05) is 0 Å². The summed E-state index contributed by atoms with van der Waals surface area (Å²) in [7, 11) is 0. The Balaban J connectivity index is 1.61. The number of carbonyl (C=O) groups excluding carboxylic acids is 2. The summed E-state index contributed by atoms with van der Waals surface area (Å²) in [6, 6.07) is 3.32. The fourth-order valence-corrected chi connectivity index (χ4v) is 3.12. The molecule has 0 radical (unpaired) electrons. The minimum absolute atomic E-state index is 0.0355. The van der Waals surface area contributed by atoms with Crippen LogP contribution in [0.1, 0.15) is 19.3 Å². The van der Waals surface area contributed by atoms with Crippen LogP contribution in [-0.2, 0) is 19.1 Å². The van der Waals surface area contributed by atoms with Crippen molar-refractivity contribution >= 4 is 35.1 Å². The SMILES string of the molecule is O=C(NC1CCN(c2ccc(Cl)c(F)c2)C1=O)[C@@H]1CC[C@H](C(=O)O)O1. The third-order valence-corrected chi connectivity index (χ3v) is 4.63. The molecule has 134 valence electrons. The maximum absolute atomic E-state index is 13.6. The zero-order valence-electron chi connectivity index (χ0n) is 13.1. The van der Waals surface area contributed by atoms with Crippen molar-refractivity contribution in [2.24, 2.45) is 0 Å². The number of amides is 2. The first-order chi connectivity index (χ1) is 11.9. The van der Waals surface area contributed by atoms with E-state index < -0.39 is 35.9 Å². The number of benzene rings is 1. The Morgan fingerprint density at radius 2 is 2.00 bits per heavy atom. The second-order valence-electron chi connectivity index (χ2n) is 5.97. The van der Waals surface area contributed by atoms with Crippen molar-refractivity contribution in [3.8, 4) is 0 Å². The molecule has 2 aliphatic rings. The van der Waals surface area contributed by atoms with Crippen molar-refractivity contribution in [3.63, 3.8) is 0 Å². The fourth-order valence-electron chi connectivity index (χ4n) is 3.00. The van der Waals surface area contributed by atoms with Gasteiger partial charge in [0.2, 0.25) is 11.8 Å². The molecule has 0 aliphatic carbocycles. The van der Waals surface area contributed by atoms with Gasteiger partial charge in [-0.2, -0.15) is 0 Å². The van der Waals surface area contributed by atoms with Crippen molar-refractivity contribution in [1.82, 2.24) is 5.32 Å². The van der Waals surface area contributed by atoms with Crippen molar-refractivity contribution < 1.29 is 28.6 Å². The van der Waals surface area contributed by atoms with Crippen LogP contribution in [0.2, 0.25) is 5.02 Å². The Kier molecular flexibility index (Phi) is 4.91. The number of aliphatic carboxylic acids is 1. The van der Waals surface area contributed by atoms with E-state index in [4.69, 9.17) is 21.4 Å². The molecule has 0 bridgehead atoms. The molecule has 2 heterocycles. The van der Waals surface area contributed by atoms with Crippen molar-refractivity contribution in [1.29, 1.82) is 0 Å². The van der Waals surface area contributed by atoms with E-state index in [0.717, 1.165) is 0 Å². The van der Waals surface area contributed by atoms with Crippen LogP contribution in [-0.4, -0.2) is 47.7 Å². The highest BCUT2D eigenvalue weighted by molar-refractivity contribution is 6.30. The second kappa shape index (κ2) is 6.97. The number of carboxylic acid groups (broad SMARTS) is 1. The number of anilines is 1. The largest absolute Gasteiger partial charge is 0.479 e. The normalized spacial score (nSPS) is 26.1. The van der Waals surface area contributed by atoms with Gasteiger partial charge in [0.15, 0.2) is 6.10 Å². The fraction of sp³-hybridized carbons (Fsp3) is 0.438. The summed E-state index contributed by atoms with van der Waals surface area (Å²) in [5.41, 5.74) is 0.367. The molecular formula is C16H16ClFN2O5. The zero-order chi connectivity index (χ0) is 18.1. The predicted octanol–water partition coefficient (Wildman–Crippen LogP) is 1.33. The number of carboxylic acids is 1. The first-order valence-electron chi connectivity index (χ1n) is 7.82. The Morgan fingerprint density at radius 1 is 1.28 bits per heavy atom. The Hall–Kier alpha value is -2.19. The van der Waals surface area contributed by atoms with E-state index in [1.165, 1.54) is 23.1 Å². The molecule has 3 rings (SSSR count). The summed E-state index contributed by atoms with van der Waals surface area (Å²) in [4.78, 5) is 36.9. The lowest BCUT2D eigenvalue weighted by atomic mass is 10.1. The van der Waals surface area contributed by atoms with Crippen LogP contribution in [0.5, 0.6) is 0 Å². The monoisotopic (exact) mass is 370 g/mol. The maximum atomic E-state index is 13.6. The van der Waals surface area contributed by atoms with Gasteiger partial charge in [-0.1, -0.05) is 11.6 Å². The predicted molar refractivity (Wildman–Crippen MR) is 85.8 cm³/mol. The number of nitrogens with one attached hydrogen (secondary N) is 1. The van der Waals surface area contributed by atoms with Gasteiger partial charge in [-0.25, -0.2) is 9.18 Å². The van der Waals surface area contributed by atoms with Gasteiger partial charge in [0.1, 0.15) is 18.0 Å². The van der Waals surface area contributed by atoms with Crippen molar-refractivity contribution in [2.75, 3.05) is 11.4 Å². The van der Waals surface area contributed by atoms with Crippen LogP contribution in [0, 0.1) is 5.82 Å². The standard InChI is InChI=1S/C16H16ClFN2O5/c17-9-2-1-8(7-10(9)18)20-6-5-11(15(20)22)19-14(21)12-3-4-13(25-12)16(23)24/h1-2,7,11-13H,3-6H2,(H,19,21)(H,23,24)/t11?,12-,13+/m0/s1. The number of carbonyl (C=O) groups is 3. The van der Waals surface area contributed by atoms with E-state index in [-0.39, 0.29) is 23.8 Å². The van der Waals surface area contributed by atoms with E-state index in [0.29, 0.717) is 18.7 Å². The molecule has 2 amide bonds. The lowest BCUT2D eigenvalue weighted by Gasteiger charge is -2.18. The third kappa shape index (κ3) is 3.59. The molecule has 9 heteroatoms. The summed E-state index contributed by atoms with van der Waals surface area (Å²) in [5.74, 6) is -2.60. The second-order valence-corrected chi connectivity index (χ2v) is 6.37. The summed E-state index contributed by atoms with van der Waals surface area (Å²) in [5, 5.41) is 11.4. The number of hydrogen-bond acceptors (Lipinski definition) is 4. The topological polar surface area (TPSA) is 95.9 Å². The van der Waals surface area contributed by atoms with Crippen LogP contribution < -0.4 is 10.2 Å². The first-order valence-corrected chi connectivity index (χ1v) is 8.19. The highest BCUT2D eigenvalue weighted by Crippen LogP contribution is 2.26. The lowest BCUT2D eigenvalue weighted by molar-refractivity contribution is -0.152. The van der Waals surface area contributed by atoms with Crippen molar-refractivity contribution in [2.45, 2.75) is 37.5 Å². The minimum Gasteiger partial charge on any atom is -0.479 e. The molecule has 0 saturated carbocycles. The maximum Gasteiger partial charge on any atom is 0.332 e. The first kappa shape index (κ1) is 17.6. The van der Waals surface area contributed by atoms with Crippen LogP contribution in [0.25, 0.3) is 0 Å². The molecule has 2 fully saturated rings. The molecule has 25 heavy (non-hydrogen) atoms. The highest BCUT2D eigenvalue weighted by atomic mass is 35.5. The average molecular weight is 371 g/mol. The van der Waals surface area contributed by atoms with E-state index in [9.17, 15) is 18.8 Å². The summed E-state index contributed by atoms with van der Waals surface area (Å²) in [6.45, 7) is 0.328. The molecule has 1 aromatic carbocycles. The number of ether oxygens (including phenoxy) is 1. The van der Waals surface area contributed by atoms with Gasteiger partial charge in [0.05, 0.1) is 5.02 Å². The number of rotatable bonds is 4. The van der Waals surface area contributed by atoms with Gasteiger partial charge in [-0.15, -0.1) is 0 Å². The van der Waals surface area contributed by atoms with Crippen LogP contribution in [0.4, 0.5) is 10.1 Å². The lowest BCUT2D eigenvalue weighted by Crippen LogP contribution is -2.45. The molecule has 0 aromatic heterocycles. The smallest absolute Gasteiger partial charge is 0.332 e. The minimum atomic E-state index is -1.11. The third-order valence-electron chi connectivity index (χ3n) is 4.32. The zero-order valence-corrected chi connectivity index (χ0v) is 13.8. The molecule has 0 spiro atoms. The molecule has 1 unspecified atom stereocenters. The highest BCUT2D eigenvalue weighted by Gasteiger charge is 2.39. The molecule has 3 atom stereocenters. The van der Waals surface area contributed by atoms with Gasteiger partial charge < -0.3 is 20.1 Å². The quantitative estimate of drug-likeness (QED) is 0.833. The van der Waals surface area contributed by atoms with Crippen LogP contribution >= 0.6 is 11.6 Å². The van der Waals surface area contributed by atoms with Gasteiger partial charge in [0.25, 0.3) is 0 Å². The van der Waals surface area contributed by atoms with Crippen LogP contribution in [0.15, 0.2) is 18.2 Å². The molecule has 7 nitrogen and oxygen atoms in total. The number of hydrogen-bond donors (Lipinski definition) is 2. The van der Waals surface area contributed by atoms with Crippen LogP contribution in [0.3, 0.4) is 0 Å². The van der Waals surface area contributed by atoms with Gasteiger partial charge in [0, 0.05) is 12.2 Å². The Bertz CT molecular complexity index is 728. The molecular weight excluding hydrogens is 355 g/mol. The van der Waals surface area contributed by atoms with Gasteiger partial charge in [-0.05, 0) is 37.5 Å². The summed E-state index contributed by atoms with van der Waals surface area (Å²) in [6.07, 6.45) is -0.971. The average Bonchev–Trinajstić information content (AvgIpc) is 3.19. The molecule has 2 saturated heterocycles. The number of nitrogens with zero attached hydrogens (tertiary/aromatic N) is 1. The van der Waals surface area contributed by atoms with Gasteiger partial charge >= 0.3 is 5.97 Å². The number of halogens is 2. The molecule has 2 aliphatic heterocycles. The summed E-state index contributed by atoms with van der Waals surface area (Å²) >= 11 is 5.64. The Labute approximate surface area is 147 Å². The molecule has 1 aromatic rings. The van der Waals surface area contributed by atoms with Crippen molar-refractivity contribution in [3.05, 3.63) is 29.0 Å². The van der Waals surface area contributed by atoms with E-state index in [2.05, 4.69) is 5.32 Å². The van der Waals surface area contributed by atoms with Gasteiger partial charge in [-0.3, -0.25) is 9.59 Å². The van der Waals surface area contributed by atoms with E-state index >= 15 is 0 Å².